The van der Waals surface area contributed by atoms with E-state index in [1.807, 2.05) is 0 Å². The van der Waals surface area contributed by atoms with Crippen LogP contribution in [0.5, 0.6) is 0 Å². The molecule has 0 N–H and O–H groups in total. The molecule has 0 bridgehead atoms. The Morgan fingerprint density at radius 1 is 0.875 bits per heavy atom. The Labute approximate surface area is 76.0 Å². The van der Waals surface area contributed by atoms with Crippen LogP contribution in [0.25, 0.3) is 0 Å². The van der Waals surface area contributed by atoms with Gasteiger partial charge in [0.25, 0.3) is 3.45 Å². The Hall–Kier alpha value is 1.87. The second-order valence-electron chi connectivity index (χ2n) is 2.75. The van der Waals surface area contributed by atoms with Crippen LogP contribution in [0, 0.1) is 0 Å². The van der Waals surface area contributed by atoms with E-state index >= 15 is 0 Å². The molecular weight excluding hydrogens is 332 g/mol. The summed E-state index contributed by atoms with van der Waals surface area (Å²) in [4.78, 5) is 0. The predicted molar refractivity (Wildman–Crippen MR) is 55.9 cm³/mol. The molecule has 5 heteroatoms. The lowest BCUT2D eigenvalue weighted by atomic mass is 11.8. The molecule has 0 nitrogen and oxygen atoms in total. The molecule has 0 aromatic heterocycles. The third-order valence-corrected chi connectivity index (χ3v) is 39.8. The lowest BCUT2D eigenvalue weighted by molar-refractivity contribution is 1.86. The van der Waals surface area contributed by atoms with Gasteiger partial charge in [-0.1, -0.05) is 19.6 Å². The number of rotatable bonds is 1. The fraction of sp³-hybridized carbons (Fsp3) is 1.00. The van der Waals surface area contributed by atoms with Gasteiger partial charge in [-0.05, 0) is 0 Å². The summed E-state index contributed by atoms with van der Waals surface area (Å²) in [6, 6.07) is 0. The molecule has 0 radical (unpaired) electrons. The summed E-state index contributed by atoms with van der Waals surface area (Å²) in [6.07, 6.45) is 0. The lowest BCUT2D eigenvalue weighted by Gasteiger charge is -2.23. The topological polar surface area (TPSA) is 0 Å². The molecule has 0 rings (SSSR count). The highest BCUT2D eigenvalue weighted by molar-refractivity contribution is 9.74. The van der Waals surface area contributed by atoms with E-state index in [0.717, 1.165) is 0 Å². The van der Waals surface area contributed by atoms with Crippen LogP contribution < -0.4 is 0 Å². The molecule has 0 atom stereocenters. The monoisotopic (exact) mass is 338 g/mol. The van der Waals surface area contributed by atoms with Gasteiger partial charge in [0.2, 0.25) is 0 Å². The van der Waals surface area contributed by atoms with Gasteiger partial charge in [0.1, 0.15) is 0 Å². The summed E-state index contributed by atoms with van der Waals surface area (Å²) in [7, 11) is -0.970. The van der Waals surface area contributed by atoms with E-state index in [9.17, 15) is 0 Å². The second kappa shape index (κ2) is 2.86. The maximum atomic E-state index is 3.63. The van der Waals surface area contributed by atoms with Gasteiger partial charge in [0.15, 0.2) is 0 Å². The van der Waals surface area contributed by atoms with Crippen molar-refractivity contribution < 1.29 is 0 Å². The van der Waals surface area contributed by atoms with Crippen LogP contribution in [0.4, 0.5) is 0 Å². The van der Waals surface area contributed by atoms with E-state index in [0.29, 0.717) is 0 Å². The van der Waals surface area contributed by atoms with Crippen molar-refractivity contribution in [2.75, 3.05) is 0 Å². The van der Waals surface area contributed by atoms with Crippen molar-refractivity contribution in [2.24, 2.45) is 0 Å². The van der Waals surface area contributed by atoms with Gasteiger partial charge < -0.3 is 0 Å². The normalized spacial score (nSPS) is 14.2. The molecule has 0 unspecified atom stereocenters. The maximum Gasteiger partial charge on any atom is 0.253 e. The summed E-state index contributed by atoms with van der Waals surface area (Å²) < 4.78 is -1.28. The summed E-state index contributed by atoms with van der Waals surface area (Å²) >= 11 is 10.9. The molecule has 8 heavy (non-hydrogen) atoms. The molecule has 0 aliphatic heterocycles. The van der Waals surface area contributed by atoms with Gasteiger partial charge >= 0.3 is 0 Å². The lowest BCUT2D eigenvalue weighted by Crippen LogP contribution is -2.42. The molecule has 0 spiro atoms. The Balaban J connectivity index is 4.02. The molecule has 0 aromatic carbocycles. The van der Waals surface area contributed by atoms with Gasteiger partial charge in [-0.25, -0.2) is 0 Å². The highest BCUT2D eigenvalue weighted by Gasteiger charge is 2.39. The minimum atomic E-state index is -1.28. The number of hydrogen-bond acceptors (Lipinski definition) is 0. The molecule has 0 aliphatic rings. The first-order valence-electron chi connectivity index (χ1n) is 2.32. The van der Waals surface area contributed by atoms with E-state index in [1.54, 1.807) is 0 Å². The SMILES string of the molecule is C[Si](C)(C)[Si](Br)(Br)Br. The molecule has 0 aliphatic carbocycles. The van der Waals surface area contributed by atoms with E-state index < -0.39 is 11.0 Å². The van der Waals surface area contributed by atoms with Gasteiger partial charge in [-0.15, -0.1) is 45.9 Å². The third-order valence-electron chi connectivity index (χ3n) is 0.850. The van der Waals surface area contributed by atoms with Crippen LogP contribution in [-0.4, -0.2) is 11.0 Å². The Morgan fingerprint density at radius 3 is 1.00 bits per heavy atom. The van der Waals surface area contributed by atoms with Crippen molar-refractivity contribution in [2.45, 2.75) is 19.6 Å². The first-order valence-corrected chi connectivity index (χ1v) is 15.6. The van der Waals surface area contributed by atoms with Crippen LogP contribution in [0.3, 0.4) is 0 Å². The van der Waals surface area contributed by atoms with Crippen LogP contribution in [0.1, 0.15) is 0 Å². The smallest absolute Gasteiger partial charge is 0.100 e. The zero-order chi connectivity index (χ0) is 7.00. The van der Waals surface area contributed by atoms with Crippen molar-refractivity contribution in [3.63, 3.8) is 0 Å². The second-order valence-corrected chi connectivity index (χ2v) is 41.9. The van der Waals surface area contributed by atoms with Crippen LogP contribution in [-0.2, 0) is 0 Å². The van der Waals surface area contributed by atoms with Crippen molar-refractivity contribution >= 4 is 56.9 Å². The molecular formula is C3H9Br3Si2. The minimum Gasteiger partial charge on any atom is -0.100 e. The Morgan fingerprint density at radius 2 is 1.00 bits per heavy atom. The van der Waals surface area contributed by atoms with Crippen molar-refractivity contribution in [1.29, 1.82) is 0 Å². The number of halogens is 3. The van der Waals surface area contributed by atoms with Crippen molar-refractivity contribution in [3.8, 4) is 0 Å². The Kier molecular flexibility index (Phi) is 3.53. The average molecular weight is 341 g/mol. The molecule has 0 saturated heterocycles. The van der Waals surface area contributed by atoms with E-state index in [1.165, 1.54) is 0 Å². The quantitative estimate of drug-likeness (QED) is 0.506. The van der Waals surface area contributed by atoms with Gasteiger partial charge in [-0.3, -0.25) is 0 Å². The van der Waals surface area contributed by atoms with Gasteiger partial charge in [-0.2, -0.15) is 0 Å². The van der Waals surface area contributed by atoms with Crippen molar-refractivity contribution in [3.05, 3.63) is 0 Å². The Bertz CT molecular complexity index is 67.5. The maximum absolute atomic E-state index is 3.63. The van der Waals surface area contributed by atoms with E-state index in [4.69, 9.17) is 0 Å². The summed E-state index contributed by atoms with van der Waals surface area (Å²) in [5, 5.41) is 0. The third kappa shape index (κ3) is 3.15. The fourth-order valence-corrected chi connectivity index (χ4v) is 0. The molecule has 0 fully saturated rings. The first-order chi connectivity index (χ1) is 3.25. The van der Waals surface area contributed by atoms with Crippen LogP contribution in [0.15, 0.2) is 0 Å². The highest BCUT2D eigenvalue weighted by atomic mass is 80.0. The fourth-order valence-electron chi connectivity index (χ4n) is 0. The summed E-state index contributed by atoms with van der Waals surface area (Å²) in [5.41, 5.74) is 0. The summed E-state index contributed by atoms with van der Waals surface area (Å²) in [6.45, 7) is 6.99. The molecule has 50 valence electrons. The van der Waals surface area contributed by atoms with Crippen molar-refractivity contribution in [1.82, 2.24) is 0 Å². The largest absolute Gasteiger partial charge is 0.253 e. The zero-order valence-electron chi connectivity index (χ0n) is 5.13. The zero-order valence-corrected chi connectivity index (χ0v) is 11.9. The van der Waals surface area contributed by atoms with Gasteiger partial charge in [0, 0.05) is 0 Å². The molecule has 0 saturated carbocycles. The minimum absolute atomic E-state index is 0.970. The molecule has 0 amide bonds. The van der Waals surface area contributed by atoms with Crippen LogP contribution >= 0.6 is 45.9 Å². The average Bonchev–Trinajstić information content (AvgIpc) is 1.25. The molecule has 0 aromatic rings. The number of hydrogen-bond donors (Lipinski definition) is 0. The predicted octanol–water partition coefficient (Wildman–Crippen LogP) is 3.53. The highest BCUT2D eigenvalue weighted by Crippen LogP contribution is 2.36. The van der Waals surface area contributed by atoms with Gasteiger partial charge in [0.05, 0.1) is 7.59 Å². The molecule has 0 heterocycles. The summed E-state index contributed by atoms with van der Waals surface area (Å²) in [5.74, 6) is 0. The first kappa shape index (κ1) is 9.87. The van der Waals surface area contributed by atoms with E-state index in [2.05, 4.69) is 65.5 Å². The van der Waals surface area contributed by atoms with Crippen LogP contribution in [0.2, 0.25) is 19.6 Å². The van der Waals surface area contributed by atoms with E-state index in [-0.39, 0.29) is 0 Å². The standard InChI is InChI=1S/C3H9Br3Si2/c1-7(2,3)8(4,5)6/h1-3H3.